The van der Waals surface area contributed by atoms with E-state index in [9.17, 15) is 14.4 Å². The number of rotatable bonds is 3. The number of fused-ring (bicyclic) bond motifs is 5. The predicted molar refractivity (Wildman–Crippen MR) is 85.4 cm³/mol. The van der Waals surface area contributed by atoms with Crippen molar-refractivity contribution in [2.45, 2.75) is 26.2 Å². The van der Waals surface area contributed by atoms with Crippen molar-refractivity contribution in [2.24, 2.45) is 23.7 Å². The number of allylic oxidation sites excluding steroid dienone is 2. The van der Waals surface area contributed by atoms with E-state index in [2.05, 4.69) is 19.3 Å². The molecule has 2 aliphatic carbocycles. The second-order valence-electron chi connectivity index (χ2n) is 6.85. The number of imide groups is 1. The minimum absolute atomic E-state index is 0.150. The van der Waals surface area contributed by atoms with Gasteiger partial charge in [-0.05, 0) is 30.2 Å². The van der Waals surface area contributed by atoms with E-state index in [-0.39, 0.29) is 35.5 Å². The molecule has 4 atom stereocenters. The van der Waals surface area contributed by atoms with Crippen LogP contribution < -0.4 is 5.43 Å². The van der Waals surface area contributed by atoms with Crippen LogP contribution >= 0.6 is 11.3 Å². The van der Waals surface area contributed by atoms with E-state index in [1.807, 2.05) is 18.2 Å². The molecular weight excluding hydrogens is 312 g/mol. The van der Waals surface area contributed by atoms with Crippen LogP contribution in [0.15, 0.2) is 23.6 Å². The third-order valence-corrected chi connectivity index (χ3v) is 6.37. The van der Waals surface area contributed by atoms with Crippen LogP contribution in [0.1, 0.15) is 41.4 Å². The molecule has 6 heteroatoms. The van der Waals surface area contributed by atoms with Gasteiger partial charge in [0.2, 0.25) is 0 Å². The number of carbonyl (C=O) groups excluding carboxylic acids is 3. The summed E-state index contributed by atoms with van der Waals surface area (Å²) in [5.41, 5.74) is 3.02. The van der Waals surface area contributed by atoms with Crippen molar-refractivity contribution in [1.82, 2.24) is 10.4 Å². The second-order valence-corrected chi connectivity index (χ2v) is 7.79. The Bertz CT molecular complexity index is 706. The highest BCUT2D eigenvalue weighted by atomic mass is 32.1. The molecule has 2 fully saturated rings. The molecule has 1 aliphatic heterocycles. The number of hydrogen-bond donors (Lipinski definition) is 1. The maximum absolute atomic E-state index is 12.5. The van der Waals surface area contributed by atoms with Gasteiger partial charge in [0.1, 0.15) is 0 Å². The summed E-state index contributed by atoms with van der Waals surface area (Å²) in [6.45, 7) is 4.12. The molecule has 5 nitrogen and oxygen atoms in total. The SMILES string of the molecule is CC(C)c1cc(C(=O)NN2C(=O)[C@@H]3[C@@H](C2=O)[C@H]2C=C[C@H]3C2)cs1. The standard InChI is InChI=1S/C17H18N2O3S/c1-8(2)12-6-11(7-23-12)15(20)18-19-16(21)13-9-3-4-10(5-9)14(13)17(19)22/h3-4,6-10,13-14H,5H2,1-2H3,(H,18,20)/t9-,10-,13-,14-/m0/s1. The van der Waals surface area contributed by atoms with Gasteiger partial charge in [-0.25, -0.2) is 0 Å². The maximum Gasteiger partial charge on any atom is 0.271 e. The summed E-state index contributed by atoms with van der Waals surface area (Å²) >= 11 is 1.51. The molecule has 0 radical (unpaired) electrons. The molecule has 0 aromatic carbocycles. The maximum atomic E-state index is 12.5. The number of hydrazine groups is 1. The van der Waals surface area contributed by atoms with Crippen molar-refractivity contribution in [3.05, 3.63) is 34.0 Å². The zero-order valence-corrected chi connectivity index (χ0v) is 13.8. The van der Waals surface area contributed by atoms with E-state index in [1.165, 1.54) is 11.3 Å². The first kappa shape index (κ1) is 14.6. The van der Waals surface area contributed by atoms with Crippen LogP contribution in [-0.4, -0.2) is 22.7 Å². The second kappa shape index (κ2) is 5.03. The van der Waals surface area contributed by atoms with Gasteiger partial charge < -0.3 is 0 Å². The molecule has 3 amide bonds. The van der Waals surface area contributed by atoms with Crippen LogP contribution in [0.25, 0.3) is 0 Å². The number of hydrogen-bond acceptors (Lipinski definition) is 4. The first-order chi connectivity index (χ1) is 11.0. The molecule has 1 aromatic rings. The number of amides is 3. The Morgan fingerprint density at radius 1 is 1.22 bits per heavy atom. The van der Waals surface area contributed by atoms with Gasteiger partial charge in [-0.3, -0.25) is 19.8 Å². The first-order valence-electron chi connectivity index (χ1n) is 7.93. The lowest BCUT2D eigenvalue weighted by molar-refractivity contribution is -0.143. The van der Waals surface area contributed by atoms with Gasteiger partial charge in [-0.15, -0.1) is 11.3 Å². The van der Waals surface area contributed by atoms with E-state index in [4.69, 9.17) is 0 Å². The first-order valence-corrected chi connectivity index (χ1v) is 8.81. The highest BCUT2D eigenvalue weighted by molar-refractivity contribution is 7.10. The van der Waals surface area contributed by atoms with Crippen LogP contribution in [-0.2, 0) is 9.59 Å². The minimum atomic E-state index is -0.393. The van der Waals surface area contributed by atoms with E-state index < -0.39 is 5.91 Å². The van der Waals surface area contributed by atoms with Gasteiger partial charge in [-0.1, -0.05) is 26.0 Å². The molecule has 1 saturated heterocycles. The van der Waals surface area contributed by atoms with Crippen LogP contribution in [0.5, 0.6) is 0 Å². The fourth-order valence-corrected chi connectivity index (χ4v) is 4.86. The van der Waals surface area contributed by atoms with Gasteiger partial charge in [0.05, 0.1) is 17.4 Å². The van der Waals surface area contributed by atoms with Crippen LogP contribution in [0.3, 0.4) is 0 Å². The van der Waals surface area contributed by atoms with Gasteiger partial charge in [0.15, 0.2) is 0 Å². The van der Waals surface area contributed by atoms with E-state index in [0.717, 1.165) is 16.3 Å². The normalized spacial score (nSPS) is 31.3. The van der Waals surface area contributed by atoms with Crippen molar-refractivity contribution >= 4 is 29.1 Å². The molecular formula is C17H18N2O3S. The summed E-state index contributed by atoms with van der Waals surface area (Å²) in [6, 6.07) is 1.82. The van der Waals surface area contributed by atoms with Crippen LogP contribution in [0, 0.1) is 23.7 Å². The van der Waals surface area contributed by atoms with Crippen molar-refractivity contribution in [1.29, 1.82) is 0 Å². The monoisotopic (exact) mass is 330 g/mol. The average molecular weight is 330 g/mol. The molecule has 0 spiro atoms. The fraction of sp³-hybridized carbons (Fsp3) is 0.471. The van der Waals surface area contributed by atoms with Gasteiger partial charge in [0, 0.05) is 10.3 Å². The Labute approximate surface area is 138 Å². The zero-order chi connectivity index (χ0) is 16.3. The lowest BCUT2D eigenvalue weighted by atomic mass is 9.85. The molecule has 3 aliphatic rings. The number of carbonyl (C=O) groups is 3. The van der Waals surface area contributed by atoms with Gasteiger partial charge in [0.25, 0.3) is 17.7 Å². The Morgan fingerprint density at radius 3 is 2.35 bits per heavy atom. The van der Waals surface area contributed by atoms with Crippen LogP contribution in [0.4, 0.5) is 0 Å². The number of nitrogens with one attached hydrogen (secondary N) is 1. The topological polar surface area (TPSA) is 66.5 Å². The van der Waals surface area contributed by atoms with Crippen molar-refractivity contribution < 1.29 is 14.4 Å². The Morgan fingerprint density at radius 2 is 1.83 bits per heavy atom. The zero-order valence-electron chi connectivity index (χ0n) is 13.0. The van der Waals surface area contributed by atoms with Gasteiger partial charge >= 0.3 is 0 Å². The summed E-state index contributed by atoms with van der Waals surface area (Å²) in [5, 5.41) is 2.72. The minimum Gasteiger partial charge on any atom is -0.272 e. The van der Waals surface area contributed by atoms with E-state index >= 15 is 0 Å². The van der Waals surface area contributed by atoms with Gasteiger partial charge in [-0.2, -0.15) is 5.01 Å². The summed E-state index contributed by atoms with van der Waals surface area (Å²) in [7, 11) is 0. The fourth-order valence-electron chi connectivity index (χ4n) is 3.95. The largest absolute Gasteiger partial charge is 0.272 e. The molecule has 1 saturated carbocycles. The van der Waals surface area contributed by atoms with Crippen molar-refractivity contribution in [3.63, 3.8) is 0 Å². The summed E-state index contributed by atoms with van der Waals surface area (Å²) < 4.78 is 0. The Hall–Kier alpha value is -1.95. The Kier molecular flexibility index (Phi) is 3.20. The van der Waals surface area contributed by atoms with Crippen LogP contribution in [0.2, 0.25) is 0 Å². The summed E-state index contributed by atoms with van der Waals surface area (Å²) in [4.78, 5) is 38.5. The lowest BCUT2D eigenvalue weighted by Gasteiger charge is -2.17. The highest BCUT2D eigenvalue weighted by Crippen LogP contribution is 2.52. The van der Waals surface area contributed by atoms with Crippen molar-refractivity contribution in [3.8, 4) is 0 Å². The van der Waals surface area contributed by atoms with E-state index in [0.29, 0.717) is 11.5 Å². The average Bonchev–Trinajstić information content (AvgIpc) is 3.26. The summed E-state index contributed by atoms with van der Waals surface area (Å²) in [5.74, 6) is -0.839. The number of thiophene rings is 1. The third kappa shape index (κ3) is 2.08. The molecule has 1 aromatic heterocycles. The quantitative estimate of drug-likeness (QED) is 0.683. The molecule has 1 N–H and O–H groups in total. The molecule has 2 bridgehead atoms. The van der Waals surface area contributed by atoms with E-state index in [1.54, 1.807) is 5.38 Å². The molecule has 23 heavy (non-hydrogen) atoms. The third-order valence-electron chi connectivity index (χ3n) is 5.13. The predicted octanol–water partition coefficient (Wildman–Crippen LogP) is 2.32. The Balaban J connectivity index is 1.52. The molecule has 2 heterocycles. The highest BCUT2D eigenvalue weighted by Gasteiger charge is 2.59. The molecule has 120 valence electrons. The smallest absolute Gasteiger partial charge is 0.271 e. The number of nitrogens with zero attached hydrogens (tertiary/aromatic N) is 1. The molecule has 4 rings (SSSR count). The summed E-state index contributed by atoms with van der Waals surface area (Å²) in [6.07, 6.45) is 4.96. The van der Waals surface area contributed by atoms with Crippen molar-refractivity contribution in [2.75, 3.05) is 0 Å². The lowest BCUT2D eigenvalue weighted by Crippen LogP contribution is -2.47. The molecule has 0 unspecified atom stereocenters.